The molecular weight excluding hydrogens is 645 g/mol. The number of fused-ring (bicyclic) bond motifs is 2. The van der Waals surface area contributed by atoms with Gasteiger partial charge in [0.2, 0.25) is 5.88 Å². The molecule has 3 amide bonds. The van der Waals surface area contributed by atoms with E-state index in [1.165, 1.54) is 17.2 Å². The maximum atomic E-state index is 15.7. The first-order chi connectivity index (χ1) is 23.4. The van der Waals surface area contributed by atoms with E-state index < -0.39 is 29.2 Å². The standard InChI is InChI=1S/C37H46FN5O7/c1-21-27(20-39-31-30(21)43(13-14-47-31)34(46)50-36(6,7)8)26-15-23-16-29(40-22(2)25(23)17-28(26)38)41-32(44)48-24-18-37(19-24)9-11-42(12-10-37)33(45)49-35(3,4)5/h15-17,20,24H,9-14,18-19H2,1-8H3,(H,40,41,44). The van der Waals surface area contributed by atoms with Gasteiger partial charge in [0.25, 0.3) is 0 Å². The molecule has 1 spiro atoms. The molecule has 0 unspecified atom stereocenters. The molecule has 1 saturated heterocycles. The second-order valence-electron chi connectivity index (χ2n) is 15.6. The van der Waals surface area contributed by atoms with Gasteiger partial charge in [0, 0.05) is 41.5 Å². The van der Waals surface area contributed by atoms with Crippen molar-refractivity contribution < 1.29 is 37.7 Å². The number of aromatic nitrogens is 2. The molecule has 0 radical (unpaired) electrons. The van der Waals surface area contributed by atoms with Gasteiger partial charge >= 0.3 is 18.3 Å². The van der Waals surface area contributed by atoms with Crippen LogP contribution in [0.25, 0.3) is 21.9 Å². The highest BCUT2D eigenvalue weighted by Gasteiger charge is 2.48. The Bertz CT molecular complexity index is 1830. The van der Waals surface area contributed by atoms with Crippen LogP contribution in [0.3, 0.4) is 0 Å². The highest BCUT2D eigenvalue weighted by molar-refractivity contribution is 5.96. The second-order valence-corrected chi connectivity index (χ2v) is 15.6. The molecule has 3 aromatic rings. The molecule has 1 N–H and O–H groups in total. The molecule has 0 bridgehead atoms. The Labute approximate surface area is 291 Å². The van der Waals surface area contributed by atoms with Crippen LogP contribution in [0.2, 0.25) is 0 Å². The van der Waals surface area contributed by atoms with Crippen LogP contribution in [0.5, 0.6) is 5.88 Å². The third kappa shape index (κ3) is 7.41. The maximum absolute atomic E-state index is 15.7. The van der Waals surface area contributed by atoms with Crippen LogP contribution in [-0.2, 0) is 14.2 Å². The highest BCUT2D eigenvalue weighted by atomic mass is 19.1. The Kier molecular flexibility index (Phi) is 9.06. The van der Waals surface area contributed by atoms with Crippen LogP contribution in [0.15, 0.2) is 24.4 Å². The predicted octanol–water partition coefficient (Wildman–Crippen LogP) is 7.91. The van der Waals surface area contributed by atoms with Gasteiger partial charge in [0.15, 0.2) is 0 Å². The van der Waals surface area contributed by atoms with E-state index in [0.29, 0.717) is 46.4 Å². The van der Waals surface area contributed by atoms with Crippen LogP contribution < -0.4 is 15.0 Å². The minimum absolute atomic E-state index is 0.0570. The molecule has 1 saturated carbocycles. The smallest absolute Gasteiger partial charge is 0.415 e. The van der Waals surface area contributed by atoms with Crippen molar-refractivity contribution in [1.29, 1.82) is 0 Å². The summed E-state index contributed by atoms with van der Waals surface area (Å²) < 4.78 is 38.3. The van der Waals surface area contributed by atoms with E-state index in [1.54, 1.807) is 51.7 Å². The number of hydrogen-bond donors (Lipinski definition) is 1. The Morgan fingerprint density at radius 2 is 1.60 bits per heavy atom. The van der Waals surface area contributed by atoms with Crippen molar-refractivity contribution in [1.82, 2.24) is 14.9 Å². The molecule has 50 heavy (non-hydrogen) atoms. The second kappa shape index (κ2) is 12.9. The number of amides is 3. The minimum atomic E-state index is -0.703. The van der Waals surface area contributed by atoms with Gasteiger partial charge < -0.3 is 23.8 Å². The summed E-state index contributed by atoms with van der Waals surface area (Å²) in [6.45, 7) is 16.2. The fraction of sp³-hybridized carbons (Fsp3) is 0.541. The van der Waals surface area contributed by atoms with Crippen molar-refractivity contribution in [3.05, 3.63) is 41.5 Å². The third-order valence-electron chi connectivity index (χ3n) is 9.41. The molecule has 2 aromatic heterocycles. The van der Waals surface area contributed by atoms with Crippen LogP contribution in [0.4, 0.5) is 30.3 Å². The summed E-state index contributed by atoms with van der Waals surface area (Å²) in [4.78, 5) is 50.6. The van der Waals surface area contributed by atoms with Gasteiger partial charge in [0.05, 0.1) is 6.54 Å². The lowest BCUT2D eigenvalue weighted by atomic mass is 9.61. The van der Waals surface area contributed by atoms with Crippen molar-refractivity contribution in [2.24, 2.45) is 5.41 Å². The van der Waals surface area contributed by atoms with Crippen molar-refractivity contribution in [2.45, 2.75) is 98.4 Å². The van der Waals surface area contributed by atoms with E-state index in [1.807, 2.05) is 20.8 Å². The average Bonchev–Trinajstić information content (AvgIpc) is 2.99. The van der Waals surface area contributed by atoms with Crippen LogP contribution in [-0.4, -0.2) is 76.7 Å². The number of hydrogen-bond acceptors (Lipinski definition) is 9. The molecule has 1 aliphatic carbocycles. The third-order valence-corrected chi connectivity index (χ3v) is 9.41. The normalized spacial score (nSPS) is 17.5. The number of carbonyl (C=O) groups is 3. The lowest BCUT2D eigenvalue weighted by Crippen LogP contribution is -2.52. The molecule has 4 heterocycles. The highest BCUT2D eigenvalue weighted by Crippen LogP contribution is 2.50. The molecule has 2 fully saturated rings. The number of pyridine rings is 2. The Morgan fingerprint density at radius 1 is 0.940 bits per heavy atom. The van der Waals surface area contributed by atoms with E-state index in [4.69, 9.17) is 18.9 Å². The maximum Gasteiger partial charge on any atom is 0.415 e. The summed E-state index contributed by atoms with van der Waals surface area (Å²) in [5.74, 6) is 0.0732. The summed E-state index contributed by atoms with van der Waals surface area (Å²) in [6.07, 6.45) is 3.02. The molecule has 6 rings (SSSR count). The zero-order valence-corrected chi connectivity index (χ0v) is 30.1. The van der Waals surface area contributed by atoms with Gasteiger partial charge in [-0.1, -0.05) is 0 Å². The van der Waals surface area contributed by atoms with E-state index >= 15 is 4.39 Å². The Hall–Kier alpha value is -4.68. The van der Waals surface area contributed by atoms with Crippen LogP contribution in [0.1, 0.15) is 78.5 Å². The fourth-order valence-corrected chi connectivity index (χ4v) is 7.00. The SMILES string of the molecule is Cc1c(-c2cc3cc(NC(=O)OC4CC5(CCN(C(=O)OC(C)(C)C)CC5)C4)nc(C)c3cc2F)cnc2c1N(C(=O)OC(C)(C)C)CCO2. The van der Waals surface area contributed by atoms with E-state index in [2.05, 4.69) is 15.3 Å². The zero-order valence-electron chi connectivity index (χ0n) is 30.1. The van der Waals surface area contributed by atoms with Gasteiger partial charge in [-0.15, -0.1) is 0 Å². The van der Waals surface area contributed by atoms with Gasteiger partial charge in [0.1, 0.15) is 41.2 Å². The largest absolute Gasteiger partial charge is 0.474 e. The van der Waals surface area contributed by atoms with Gasteiger partial charge in [-0.2, -0.15) is 0 Å². The summed E-state index contributed by atoms with van der Waals surface area (Å²) in [6, 6.07) is 4.78. The average molecular weight is 692 g/mol. The summed E-state index contributed by atoms with van der Waals surface area (Å²) in [5, 5.41) is 3.99. The molecule has 13 heteroatoms. The van der Waals surface area contributed by atoms with E-state index in [0.717, 1.165) is 25.7 Å². The molecule has 2 aliphatic heterocycles. The molecule has 1 aromatic carbocycles. The van der Waals surface area contributed by atoms with E-state index in [-0.39, 0.29) is 48.0 Å². The van der Waals surface area contributed by atoms with Gasteiger partial charge in [-0.05, 0) is 116 Å². The molecule has 3 aliphatic rings. The lowest BCUT2D eigenvalue weighted by molar-refractivity contribution is -0.0717. The molecule has 12 nitrogen and oxygen atoms in total. The first-order valence-corrected chi connectivity index (χ1v) is 17.1. The molecule has 268 valence electrons. The summed E-state index contributed by atoms with van der Waals surface area (Å²) in [7, 11) is 0. The number of piperidine rings is 1. The summed E-state index contributed by atoms with van der Waals surface area (Å²) in [5.41, 5.74) is 1.16. The van der Waals surface area contributed by atoms with Crippen molar-refractivity contribution in [3.63, 3.8) is 0 Å². The van der Waals surface area contributed by atoms with Crippen molar-refractivity contribution in [2.75, 3.05) is 36.5 Å². The first-order valence-electron chi connectivity index (χ1n) is 17.1. The number of nitrogens with zero attached hydrogens (tertiary/aromatic N) is 4. The number of anilines is 2. The quantitative estimate of drug-likeness (QED) is 0.272. The number of halogens is 1. The number of carbonyl (C=O) groups excluding carboxylic acids is 3. The van der Waals surface area contributed by atoms with Gasteiger partial charge in [-0.25, -0.2) is 28.7 Å². The number of ether oxygens (including phenoxy) is 4. The lowest BCUT2D eigenvalue weighted by Gasteiger charge is -2.51. The zero-order chi connectivity index (χ0) is 36.2. The summed E-state index contributed by atoms with van der Waals surface area (Å²) >= 11 is 0. The monoisotopic (exact) mass is 691 g/mol. The number of benzene rings is 1. The van der Waals surface area contributed by atoms with Crippen LogP contribution in [0, 0.1) is 25.1 Å². The first kappa shape index (κ1) is 35.2. The molecular formula is C37H46FN5O7. The minimum Gasteiger partial charge on any atom is -0.474 e. The van der Waals surface area contributed by atoms with Crippen molar-refractivity contribution >= 4 is 40.6 Å². The Morgan fingerprint density at radius 3 is 2.26 bits per heavy atom. The number of rotatable bonds is 3. The number of likely N-dealkylation sites (tertiary alicyclic amines) is 1. The van der Waals surface area contributed by atoms with Crippen molar-refractivity contribution in [3.8, 4) is 17.0 Å². The predicted molar refractivity (Wildman–Crippen MR) is 186 cm³/mol. The number of nitrogens with one attached hydrogen (secondary N) is 1. The van der Waals surface area contributed by atoms with Crippen LogP contribution >= 0.6 is 0 Å². The molecule has 0 atom stereocenters. The fourth-order valence-electron chi connectivity index (χ4n) is 7.00. The topological polar surface area (TPSA) is 132 Å². The van der Waals surface area contributed by atoms with Gasteiger partial charge in [-0.3, -0.25) is 10.2 Å². The Balaban J connectivity index is 1.14. The number of aryl methyl sites for hydroxylation is 1. The van der Waals surface area contributed by atoms with E-state index in [9.17, 15) is 14.4 Å².